The summed E-state index contributed by atoms with van der Waals surface area (Å²) in [6, 6.07) is 5.52. The fourth-order valence-corrected chi connectivity index (χ4v) is 1.45. The van der Waals surface area contributed by atoms with Crippen molar-refractivity contribution in [1.29, 1.82) is 0 Å². The van der Waals surface area contributed by atoms with Crippen molar-refractivity contribution in [1.82, 2.24) is 10.1 Å². The molecule has 0 unspecified atom stereocenters. The zero-order valence-electron chi connectivity index (χ0n) is 9.03. The Labute approximate surface area is 98.2 Å². The first-order valence-corrected chi connectivity index (χ1v) is 5.21. The van der Waals surface area contributed by atoms with Crippen LogP contribution < -0.4 is 4.74 Å². The normalized spacial score (nSPS) is 10.4. The van der Waals surface area contributed by atoms with Gasteiger partial charge in [0.15, 0.2) is 6.61 Å². The third-order valence-corrected chi connectivity index (χ3v) is 2.55. The van der Waals surface area contributed by atoms with Gasteiger partial charge in [0.05, 0.1) is 0 Å². The SMILES string of the molecule is Cc1nc(COc2cccc(Cl)c2C)no1. The van der Waals surface area contributed by atoms with Gasteiger partial charge in [0, 0.05) is 17.5 Å². The highest BCUT2D eigenvalue weighted by Gasteiger charge is 2.06. The highest BCUT2D eigenvalue weighted by Crippen LogP contribution is 2.25. The van der Waals surface area contributed by atoms with Crippen molar-refractivity contribution in [2.45, 2.75) is 20.5 Å². The lowest BCUT2D eigenvalue weighted by molar-refractivity contribution is 0.284. The second-order valence-corrected chi connectivity index (χ2v) is 3.79. The monoisotopic (exact) mass is 238 g/mol. The van der Waals surface area contributed by atoms with Crippen molar-refractivity contribution in [3.63, 3.8) is 0 Å². The van der Waals surface area contributed by atoms with E-state index in [2.05, 4.69) is 10.1 Å². The number of ether oxygens (including phenoxy) is 1. The molecule has 4 nitrogen and oxygen atoms in total. The van der Waals surface area contributed by atoms with Crippen LogP contribution in [-0.4, -0.2) is 10.1 Å². The molecule has 1 aromatic carbocycles. The molecule has 0 spiro atoms. The zero-order chi connectivity index (χ0) is 11.5. The summed E-state index contributed by atoms with van der Waals surface area (Å²) in [5.41, 5.74) is 0.907. The first-order valence-electron chi connectivity index (χ1n) is 4.84. The van der Waals surface area contributed by atoms with Crippen LogP contribution >= 0.6 is 11.6 Å². The predicted molar refractivity (Wildman–Crippen MR) is 59.6 cm³/mol. The molecule has 0 aliphatic heterocycles. The maximum atomic E-state index is 5.97. The molecule has 5 heteroatoms. The van der Waals surface area contributed by atoms with Crippen molar-refractivity contribution in [2.24, 2.45) is 0 Å². The van der Waals surface area contributed by atoms with E-state index < -0.39 is 0 Å². The van der Waals surface area contributed by atoms with Crippen LogP contribution in [0.25, 0.3) is 0 Å². The van der Waals surface area contributed by atoms with Gasteiger partial charge in [-0.1, -0.05) is 22.8 Å². The lowest BCUT2D eigenvalue weighted by Gasteiger charge is -2.07. The van der Waals surface area contributed by atoms with E-state index in [0.717, 1.165) is 11.3 Å². The van der Waals surface area contributed by atoms with Gasteiger partial charge in [-0.15, -0.1) is 0 Å². The summed E-state index contributed by atoms with van der Waals surface area (Å²) >= 11 is 5.97. The standard InChI is InChI=1S/C11H11ClN2O2/c1-7-9(12)4-3-5-10(7)15-6-11-13-8(2)16-14-11/h3-5H,6H2,1-2H3. The van der Waals surface area contributed by atoms with Gasteiger partial charge in [0.1, 0.15) is 5.75 Å². The minimum atomic E-state index is 0.276. The minimum Gasteiger partial charge on any atom is -0.485 e. The van der Waals surface area contributed by atoms with Gasteiger partial charge in [-0.3, -0.25) is 0 Å². The molecule has 16 heavy (non-hydrogen) atoms. The van der Waals surface area contributed by atoms with Gasteiger partial charge in [0.2, 0.25) is 11.7 Å². The van der Waals surface area contributed by atoms with Gasteiger partial charge in [-0.2, -0.15) is 4.98 Å². The van der Waals surface area contributed by atoms with Crippen LogP contribution in [-0.2, 0) is 6.61 Å². The topological polar surface area (TPSA) is 48.2 Å². The van der Waals surface area contributed by atoms with Crippen LogP contribution in [0.2, 0.25) is 5.02 Å². The second kappa shape index (κ2) is 4.53. The van der Waals surface area contributed by atoms with Gasteiger partial charge < -0.3 is 9.26 Å². The van der Waals surface area contributed by atoms with Gasteiger partial charge in [0.25, 0.3) is 0 Å². The number of nitrogens with zero attached hydrogens (tertiary/aromatic N) is 2. The summed E-state index contributed by atoms with van der Waals surface area (Å²) in [5, 5.41) is 4.42. The largest absolute Gasteiger partial charge is 0.485 e. The number of aryl methyl sites for hydroxylation is 1. The number of halogens is 1. The molecule has 0 aliphatic rings. The van der Waals surface area contributed by atoms with Crippen LogP contribution in [0.1, 0.15) is 17.3 Å². The Morgan fingerprint density at radius 2 is 2.19 bits per heavy atom. The number of hydrogen-bond acceptors (Lipinski definition) is 4. The maximum absolute atomic E-state index is 5.97. The molecule has 1 aromatic heterocycles. The molecule has 0 saturated heterocycles. The lowest BCUT2D eigenvalue weighted by atomic mass is 10.2. The molecule has 2 aromatic rings. The first kappa shape index (κ1) is 11.0. The zero-order valence-corrected chi connectivity index (χ0v) is 9.78. The fourth-order valence-electron chi connectivity index (χ4n) is 1.29. The number of rotatable bonds is 3. The molecule has 1 heterocycles. The molecule has 0 amide bonds. The third-order valence-electron chi connectivity index (χ3n) is 2.14. The molecule has 0 atom stereocenters. The van der Waals surface area contributed by atoms with Crippen LogP contribution in [0.4, 0.5) is 0 Å². The summed E-state index contributed by atoms with van der Waals surface area (Å²) in [6.45, 7) is 3.92. The van der Waals surface area contributed by atoms with E-state index >= 15 is 0 Å². The molecule has 2 rings (SSSR count). The van der Waals surface area contributed by atoms with E-state index in [0.29, 0.717) is 16.7 Å². The molecule has 0 aliphatic carbocycles. The molecule has 0 saturated carbocycles. The molecular formula is C11H11ClN2O2. The molecule has 0 radical (unpaired) electrons. The van der Waals surface area contributed by atoms with Crippen LogP contribution in [0.3, 0.4) is 0 Å². The third kappa shape index (κ3) is 2.33. The molecule has 0 bridgehead atoms. The van der Waals surface area contributed by atoms with Crippen LogP contribution in [0, 0.1) is 13.8 Å². The summed E-state index contributed by atoms with van der Waals surface area (Å²) in [7, 11) is 0. The maximum Gasteiger partial charge on any atom is 0.223 e. The summed E-state index contributed by atoms with van der Waals surface area (Å²) in [4.78, 5) is 4.04. The predicted octanol–water partition coefficient (Wildman–Crippen LogP) is 2.92. The quantitative estimate of drug-likeness (QED) is 0.825. The average molecular weight is 239 g/mol. The van der Waals surface area contributed by atoms with Crippen LogP contribution in [0.15, 0.2) is 22.7 Å². The second-order valence-electron chi connectivity index (χ2n) is 3.38. The fraction of sp³-hybridized carbons (Fsp3) is 0.273. The Kier molecular flexibility index (Phi) is 3.10. The minimum absolute atomic E-state index is 0.276. The first-order chi connectivity index (χ1) is 7.66. The molecular weight excluding hydrogens is 228 g/mol. The highest BCUT2D eigenvalue weighted by atomic mass is 35.5. The van der Waals surface area contributed by atoms with Crippen molar-refractivity contribution >= 4 is 11.6 Å². The van der Waals surface area contributed by atoms with E-state index in [4.69, 9.17) is 20.9 Å². The van der Waals surface area contributed by atoms with Crippen molar-refractivity contribution < 1.29 is 9.26 Å². The summed E-state index contributed by atoms with van der Waals surface area (Å²) < 4.78 is 10.4. The van der Waals surface area contributed by atoms with Crippen molar-refractivity contribution in [3.8, 4) is 5.75 Å². The van der Waals surface area contributed by atoms with E-state index in [1.54, 1.807) is 6.92 Å². The Balaban J connectivity index is 2.07. The Bertz CT molecular complexity index is 496. The Morgan fingerprint density at radius 3 is 2.88 bits per heavy atom. The number of hydrogen-bond donors (Lipinski definition) is 0. The lowest BCUT2D eigenvalue weighted by Crippen LogP contribution is -1.99. The summed E-state index contributed by atoms with van der Waals surface area (Å²) in [5.74, 6) is 1.79. The van der Waals surface area contributed by atoms with Crippen LogP contribution in [0.5, 0.6) is 5.75 Å². The molecule has 0 N–H and O–H groups in total. The smallest absolute Gasteiger partial charge is 0.223 e. The van der Waals surface area contributed by atoms with E-state index in [1.165, 1.54) is 0 Å². The van der Waals surface area contributed by atoms with E-state index in [9.17, 15) is 0 Å². The highest BCUT2D eigenvalue weighted by molar-refractivity contribution is 6.31. The van der Waals surface area contributed by atoms with Gasteiger partial charge >= 0.3 is 0 Å². The average Bonchev–Trinajstić information content (AvgIpc) is 2.67. The van der Waals surface area contributed by atoms with Gasteiger partial charge in [-0.05, 0) is 19.1 Å². The Morgan fingerprint density at radius 1 is 1.38 bits per heavy atom. The van der Waals surface area contributed by atoms with Gasteiger partial charge in [-0.25, -0.2) is 0 Å². The number of aromatic nitrogens is 2. The number of benzene rings is 1. The Hall–Kier alpha value is -1.55. The van der Waals surface area contributed by atoms with E-state index in [-0.39, 0.29) is 6.61 Å². The molecule has 0 fully saturated rings. The molecule has 84 valence electrons. The van der Waals surface area contributed by atoms with Crippen molar-refractivity contribution in [2.75, 3.05) is 0 Å². The summed E-state index contributed by atoms with van der Waals surface area (Å²) in [6.07, 6.45) is 0. The van der Waals surface area contributed by atoms with E-state index in [1.807, 2.05) is 25.1 Å². The van der Waals surface area contributed by atoms with Crippen molar-refractivity contribution in [3.05, 3.63) is 40.5 Å².